The molecule has 0 fully saturated rings. The predicted molar refractivity (Wildman–Crippen MR) is 61.0 cm³/mol. The SMILES string of the molecule is COC(OC)c1ccnc(-c2cncn2C)n1. The molecule has 0 radical (unpaired) electrons. The Balaban J connectivity index is 2.38. The van der Waals surface area contributed by atoms with Crippen LogP contribution in [0.5, 0.6) is 0 Å². The minimum absolute atomic E-state index is 0.482. The lowest BCUT2D eigenvalue weighted by Gasteiger charge is -2.12. The maximum Gasteiger partial charge on any atom is 0.200 e. The van der Waals surface area contributed by atoms with Crippen LogP contribution in [0, 0.1) is 0 Å². The molecule has 2 aromatic heterocycles. The zero-order valence-corrected chi connectivity index (χ0v) is 9.99. The molecule has 0 bridgehead atoms. The van der Waals surface area contributed by atoms with Gasteiger partial charge in [-0.1, -0.05) is 0 Å². The normalized spacial score (nSPS) is 11.1. The molecule has 0 saturated carbocycles. The highest BCUT2D eigenvalue weighted by Gasteiger charge is 2.13. The molecule has 2 heterocycles. The van der Waals surface area contributed by atoms with Crippen LogP contribution in [0.4, 0.5) is 0 Å². The molecule has 0 aliphatic heterocycles. The van der Waals surface area contributed by atoms with Gasteiger partial charge in [0.05, 0.1) is 12.5 Å². The van der Waals surface area contributed by atoms with Crippen molar-refractivity contribution in [2.75, 3.05) is 14.2 Å². The van der Waals surface area contributed by atoms with Crippen molar-refractivity contribution in [3.63, 3.8) is 0 Å². The Hall–Kier alpha value is -1.79. The number of aromatic nitrogens is 4. The van der Waals surface area contributed by atoms with Crippen molar-refractivity contribution in [1.29, 1.82) is 0 Å². The van der Waals surface area contributed by atoms with Crippen LogP contribution in [0.1, 0.15) is 12.0 Å². The molecular weight excluding hydrogens is 220 g/mol. The van der Waals surface area contributed by atoms with Crippen LogP contribution < -0.4 is 0 Å². The molecular formula is C11H14N4O2. The van der Waals surface area contributed by atoms with Crippen LogP contribution in [0.15, 0.2) is 24.8 Å². The second-order valence-electron chi connectivity index (χ2n) is 3.50. The molecule has 6 nitrogen and oxygen atoms in total. The Labute approximate surface area is 99.3 Å². The summed E-state index contributed by atoms with van der Waals surface area (Å²) in [5, 5.41) is 0. The van der Waals surface area contributed by atoms with E-state index in [1.54, 1.807) is 39.0 Å². The molecule has 0 aromatic carbocycles. The lowest BCUT2D eigenvalue weighted by atomic mass is 10.3. The third-order valence-corrected chi connectivity index (χ3v) is 2.39. The maximum atomic E-state index is 5.15. The van der Waals surface area contributed by atoms with Gasteiger partial charge in [0.25, 0.3) is 0 Å². The van der Waals surface area contributed by atoms with Crippen LogP contribution in [0.2, 0.25) is 0 Å². The van der Waals surface area contributed by atoms with Gasteiger partial charge in [0, 0.05) is 27.5 Å². The number of aryl methyl sites for hydroxylation is 1. The van der Waals surface area contributed by atoms with Crippen molar-refractivity contribution in [2.24, 2.45) is 7.05 Å². The molecule has 6 heteroatoms. The third kappa shape index (κ3) is 2.32. The van der Waals surface area contributed by atoms with Gasteiger partial charge in [-0.3, -0.25) is 0 Å². The van der Waals surface area contributed by atoms with E-state index in [1.165, 1.54) is 0 Å². The fourth-order valence-corrected chi connectivity index (χ4v) is 1.54. The number of ether oxygens (including phenoxy) is 2. The number of hydrogen-bond donors (Lipinski definition) is 0. The Morgan fingerprint density at radius 3 is 2.65 bits per heavy atom. The van der Waals surface area contributed by atoms with Crippen LogP contribution >= 0.6 is 0 Å². The van der Waals surface area contributed by atoms with Crippen molar-refractivity contribution in [1.82, 2.24) is 19.5 Å². The maximum absolute atomic E-state index is 5.15. The fraction of sp³-hybridized carbons (Fsp3) is 0.364. The van der Waals surface area contributed by atoms with Gasteiger partial charge in [0.2, 0.25) is 6.29 Å². The molecule has 0 amide bonds. The van der Waals surface area contributed by atoms with Gasteiger partial charge < -0.3 is 14.0 Å². The van der Waals surface area contributed by atoms with E-state index in [0.29, 0.717) is 11.5 Å². The Morgan fingerprint density at radius 2 is 2.06 bits per heavy atom. The summed E-state index contributed by atoms with van der Waals surface area (Å²) in [7, 11) is 5.03. The minimum Gasteiger partial charge on any atom is -0.350 e. The number of hydrogen-bond acceptors (Lipinski definition) is 5. The van der Waals surface area contributed by atoms with E-state index in [1.807, 2.05) is 11.6 Å². The van der Waals surface area contributed by atoms with Gasteiger partial charge in [-0.05, 0) is 6.07 Å². The lowest BCUT2D eigenvalue weighted by Crippen LogP contribution is -2.07. The van der Waals surface area contributed by atoms with Gasteiger partial charge in [0.15, 0.2) is 5.82 Å². The van der Waals surface area contributed by atoms with Gasteiger partial charge in [0.1, 0.15) is 11.4 Å². The smallest absolute Gasteiger partial charge is 0.200 e. The van der Waals surface area contributed by atoms with Gasteiger partial charge >= 0.3 is 0 Å². The predicted octanol–water partition coefficient (Wildman–Crippen LogP) is 1.17. The zero-order chi connectivity index (χ0) is 12.3. The molecule has 0 aliphatic carbocycles. The average molecular weight is 234 g/mol. The van der Waals surface area contributed by atoms with Crippen molar-refractivity contribution in [3.05, 3.63) is 30.5 Å². The van der Waals surface area contributed by atoms with E-state index in [9.17, 15) is 0 Å². The zero-order valence-electron chi connectivity index (χ0n) is 9.99. The third-order valence-electron chi connectivity index (χ3n) is 2.39. The summed E-state index contributed by atoms with van der Waals surface area (Å²) in [6.07, 6.45) is 4.61. The summed E-state index contributed by atoms with van der Waals surface area (Å²) in [4.78, 5) is 12.6. The number of nitrogens with zero attached hydrogens (tertiary/aromatic N) is 4. The summed E-state index contributed by atoms with van der Waals surface area (Å²) in [5.74, 6) is 0.599. The number of rotatable bonds is 4. The summed E-state index contributed by atoms with van der Waals surface area (Å²) < 4.78 is 12.2. The van der Waals surface area contributed by atoms with E-state index in [4.69, 9.17) is 9.47 Å². The van der Waals surface area contributed by atoms with E-state index in [2.05, 4.69) is 15.0 Å². The second kappa shape index (κ2) is 5.03. The quantitative estimate of drug-likeness (QED) is 0.743. The first-order valence-corrected chi connectivity index (χ1v) is 5.11. The van der Waals surface area contributed by atoms with Crippen LogP contribution in [-0.4, -0.2) is 33.7 Å². The molecule has 0 saturated heterocycles. The van der Waals surface area contributed by atoms with E-state index >= 15 is 0 Å². The second-order valence-corrected chi connectivity index (χ2v) is 3.50. The molecule has 0 spiro atoms. The average Bonchev–Trinajstić information content (AvgIpc) is 2.77. The monoisotopic (exact) mass is 234 g/mol. The summed E-state index contributed by atoms with van der Waals surface area (Å²) in [5.41, 5.74) is 1.53. The van der Waals surface area contributed by atoms with Crippen molar-refractivity contribution < 1.29 is 9.47 Å². The molecule has 2 rings (SSSR count). The van der Waals surface area contributed by atoms with Crippen molar-refractivity contribution >= 4 is 0 Å². The molecule has 2 aromatic rings. The Bertz CT molecular complexity index is 494. The summed E-state index contributed by atoms with van der Waals surface area (Å²) >= 11 is 0. The summed E-state index contributed by atoms with van der Waals surface area (Å²) in [6.45, 7) is 0. The Morgan fingerprint density at radius 1 is 1.29 bits per heavy atom. The first kappa shape index (κ1) is 11.7. The number of methoxy groups -OCH3 is 2. The summed E-state index contributed by atoms with van der Waals surface area (Å²) in [6, 6.07) is 1.76. The Kier molecular flexibility index (Phi) is 3.46. The van der Waals surface area contributed by atoms with Crippen molar-refractivity contribution in [2.45, 2.75) is 6.29 Å². The molecule has 17 heavy (non-hydrogen) atoms. The molecule has 90 valence electrons. The first-order chi connectivity index (χ1) is 8.26. The van der Waals surface area contributed by atoms with E-state index < -0.39 is 6.29 Å². The van der Waals surface area contributed by atoms with Gasteiger partial charge in [-0.25, -0.2) is 15.0 Å². The highest BCUT2D eigenvalue weighted by atomic mass is 16.7. The molecule has 0 N–H and O–H groups in total. The molecule has 0 atom stereocenters. The van der Waals surface area contributed by atoms with Crippen LogP contribution in [0.3, 0.4) is 0 Å². The highest BCUT2D eigenvalue weighted by Crippen LogP contribution is 2.18. The molecule has 0 unspecified atom stereocenters. The van der Waals surface area contributed by atoms with E-state index in [-0.39, 0.29) is 0 Å². The van der Waals surface area contributed by atoms with Gasteiger partial charge in [-0.15, -0.1) is 0 Å². The van der Waals surface area contributed by atoms with Crippen molar-refractivity contribution in [3.8, 4) is 11.5 Å². The standard InChI is InChI=1S/C11H14N4O2/c1-15-7-12-6-9(15)10-13-5-4-8(14-10)11(16-2)17-3/h4-7,11H,1-3H3. The number of imidazole rings is 1. The van der Waals surface area contributed by atoms with Crippen LogP contribution in [-0.2, 0) is 16.5 Å². The first-order valence-electron chi connectivity index (χ1n) is 5.11. The van der Waals surface area contributed by atoms with Crippen LogP contribution in [0.25, 0.3) is 11.5 Å². The fourth-order valence-electron chi connectivity index (χ4n) is 1.54. The molecule has 0 aliphatic rings. The lowest BCUT2D eigenvalue weighted by molar-refractivity contribution is -0.108. The largest absolute Gasteiger partial charge is 0.350 e. The highest BCUT2D eigenvalue weighted by molar-refractivity contribution is 5.48. The van der Waals surface area contributed by atoms with Gasteiger partial charge in [-0.2, -0.15) is 0 Å². The topological polar surface area (TPSA) is 62.1 Å². The minimum atomic E-state index is -0.482. The van der Waals surface area contributed by atoms with E-state index in [0.717, 1.165) is 5.69 Å².